The van der Waals surface area contributed by atoms with Crippen LogP contribution in [0.5, 0.6) is 0 Å². The Kier molecular flexibility index (Phi) is 5.94. The van der Waals surface area contributed by atoms with Crippen LogP contribution in [0.4, 0.5) is 16.4 Å². The summed E-state index contributed by atoms with van der Waals surface area (Å²) in [5, 5.41) is 10.9. The molecule has 0 aromatic carbocycles. The summed E-state index contributed by atoms with van der Waals surface area (Å²) in [7, 11) is 0. The summed E-state index contributed by atoms with van der Waals surface area (Å²) in [6.45, 7) is 5.49. The summed E-state index contributed by atoms with van der Waals surface area (Å²) >= 11 is 0. The van der Waals surface area contributed by atoms with Crippen LogP contribution in [-0.4, -0.2) is 31.3 Å². The van der Waals surface area contributed by atoms with E-state index in [1.54, 1.807) is 6.07 Å². The van der Waals surface area contributed by atoms with Crippen LogP contribution in [0.1, 0.15) is 66.0 Å². The van der Waals surface area contributed by atoms with Crippen LogP contribution in [0.15, 0.2) is 24.5 Å². The van der Waals surface area contributed by atoms with Crippen LogP contribution >= 0.6 is 0 Å². The highest BCUT2D eigenvalue weighted by molar-refractivity contribution is 5.83. The number of nitrogens with zero attached hydrogens (tertiary/aromatic N) is 4. The van der Waals surface area contributed by atoms with E-state index < -0.39 is 11.7 Å². The molecule has 0 unspecified atom stereocenters. The number of aromatic nitrogens is 4. The molecule has 2 saturated carbocycles. The van der Waals surface area contributed by atoms with E-state index in [1.165, 1.54) is 25.7 Å². The molecule has 3 N–H and O–H groups in total. The molecule has 2 aromatic rings. The van der Waals surface area contributed by atoms with Crippen LogP contribution in [0.3, 0.4) is 0 Å². The minimum Gasteiger partial charge on any atom is -0.444 e. The van der Waals surface area contributed by atoms with E-state index in [-0.39, 0.29) is 7.43 Å². The molecule has 0 aliphatic heterocycles. The average molecular weight is 362 g/mol. The lowest BCUT2D eigenvalue weighted by atomic mass is 10.2. The van der Waals surface area contributed by atoms with Gasteiger partial charge in [0.05, 0.1) is 12.1 Å². The topological polar surface area (TPSA) is 100.0 Å². The number of amides is 1. The first-order valence-electron chi connectivity index (χ1n) is 8.66. The van der Waals surface area contributed by atoms with Gasteiger partial charge in [0.1, 0.15) is 11.4 Å². The van der Waals surface area contributed by atoms with Crippen LogP contribution in [0, 0.1) is 0 Å². The standard InChI is InChI=1S/C11H17N3O2.C6H9N3.CH4/c1-11(2,3)16-10(15)12-9-6-7-14(13-9)8-4-5-8;7-6-3-4-9(8-6)5-1-2-5;/h6-8H,4-5H2,1-3H3,(H,12,13,15);3-5H,1-2H2,(H2,7,8);1H4. The third-order valence-corrected chi connectivity index (χ3v) is 3.71. The Balaban J connectivity index is 0.000000206. The maximum Gasteiger partial charge on any atom is 0.413 e. The van der Waals surface area contributed by atoms with Gasteiger partial charge in [-0.2, -0.15) is 10.2 Å². The van der Waals surface area contributed by atoms with E-state index in [9.17, 15) is 4.79 Å². The SMILES string of the molecule is C.CC(C)(C)OC(=O)Nc1ccn(C2CC2)n1.Nc1ccn(C2CC2)n1. The molecule has 8 heteroatoms. The summed E-state index contributed by atoms with van der Waals surface area (Å²) in [4.78, 5) is 11.4. The number of carbonyl (C=O) groups excluding carboxylic acids is 1. The van der Waals surface area contributed by atoms with Crippen molar-refractivity contribution in [3.63, 3.8) is 0 Å². The van der Waals surface area contributed by atoms with Gasteiger partial charge in [0.2, 0.25) is 0 Å². The van der Waals surface area contributed by atoms with E-state index in [4.69, 9.17) is 10.5 Å². The molecule has 26 heavy (non-hydrogen) atoms. The molecule has 2 aliphatic rings. The van der Waals surface area contributed by atoms with Gasteiger partial charge in [-0.15, -0.1) is 0 Å². The number of hydrogen-bond donors (Lipinski definition) is 2. The molecule has 144 valence electrons. The van der Waals surface area contributed by atoms with Gasteiger partial charge in [-0.1, -0.05) is 7.43 Å². The fourth-order valence-electron chi connectivity index (χ4n) is 2.25. The maximum atomic E-state index is 11.4. The van der Waals surface area contributed by atoms with Gasteiger partial charge in [-0.05, 0) is 52.5 Å². The Bertz CT molecular complexity index is 722. The van der Waals surface area contributed by atoms with Gasteiger partial charge >= 0.3 is 6.09 Å². The van der Waals surface area contributed by atoms with Crippen molar-refractivity contribution in [2.45, 2.75) is 71.6 Å². The molecule has 2 heterocycles. The molecule has 2 aromatic heterocycles. The Hall–Kier alpha value is -2.51. The fourth-order valence-corrected chi connectivity index (χ4v) is 2.25. The van der Waals surface area contributed by atoms with Crippen LogP contribution in [-0.2, 0) is 4.74 Å². The molecule has 2 fully saturated rings. The number of nitrogen functional groups attached to an aromatic ring is 1. The first-order chi connectivity index (χ1) is 11.8. The lowest BCUT2D eigenvalue weighted by Crippen LogP contribution is -2.27. The Labute approximate surface area is 154 Å². The minimum absolute atomic E-state index is 0. The monoisotopic (exact) mass is 362 g/mol. The van der Waals surface area contributed by atoms with E-state index in [0.717, 1.165) is 0 Å². The smallest absolute Gasteiger partial charge is 0.413 e. The number of carbonyl (C=O) groups is 1. The van der Waals surface area contributed by atoms with Crippen molar-refractivity contribution in [3.05, 3.63) is 24.5 Å². The summed E-state index contributed by atoms with van der Waals surface area (Å²) < 4.78 is 8.95. The lowest BCUT2D eigenvalue weighted by Gasteiger charge is -2.19. The number of hydrogen-bond acceptors (Lipinski definition) is 5. The second-order valence-electron chi connectivity index (χ2n) is 7.49. The highest BCUT2D eigenvalue weighted by Gasteiger charge is 2.25. The summed E-state index contributed by atoms with van der Waals surface area (Å²) in [5.41, 5.74) is 4.93. The largest absolute Gasteiger partial charge is 0.444 e. The summed E-state index contributed by atoms with van der Waals surface area (Å²) in [6.07, 6.45) is 8.23. The molecular weight excluding hydrogens is 332 g/mol. The third kappa shape index (κ3) is 6.09. The summed E-state index contributed by atoms with van der Waals surface area (Å²) in [6, 6.07) is 4.79. The van der Waals surface area contributed by atoms with Gasteiger partial charge in [0.25, 0.3) is 0 Å². The average Bonchev–Trinajstić information content (AvgIpc) is 3.43. The van der Waals surface area contributed by atoms with Crippen LogP contribution < -0.4 is 11.1 Å². The van der Waals surface area contributed by atoms with Gasteiger partial charge in [0.15, 0.2) is 5.82 Å². The van der Waals surface area contributed by atoms with Crippen LogP contribution in [0.2, 0.25) is 0 Å². The highest BCUT2D eigenvalue weighted by atomic mass is 16.6. The van der Waals surface area contributed by atoms with E-state index in [0.29, 0.717) is 23.7 Å². The number of anilines is 2. The lowest BCUT2D eigenvalue weighted by molar-refractivity contribution is 0.0635. The maximum absolute atomic E-state index is 11.4. The molecule has 8 nitrogen and oxygen atoms in total. The molecule has 0 bridgehead atoms. The van der Waals surface area contributed by atoms with Crippen molar-refractivity contribution in [1.82, 2.24) is 19.6 Å². The zero-order valence-electron chi connectivity index (χ0n) is 15.0. The van der Waals surface area contributed by atoms with Crippen molar-refractivity contribution in [3.8, 4) is 0 Å². The van der Waals surface area contributed by atoms with Gasteiger partial charge in [-0.25, -0.2) is 4.79 Å². The van der Waals surface area contributed by atoms with Crippen molar-refractivity contribution < 1.29 is 9.53 Å². The molecule has 0 atom stereocenters. The number of rotatable bonds is 3. The Morgan fingerprint density at radius 3 is 2.12 bits per heavy atom. The van der Waals surface area contributed by atoms with Crippen LogP contribution in [0.25, 0.3) is 0 Å². The second-order valence-corrected chi connectivity index (χ2v) is 7.49. The number of ether oxygens (including phenoxy) is 1. The Morgan fingerprint density at radius 1 is 1.12 bits per heavy atom. The van der Waals surface area contributed by atoms with Gasteiger partial charge < -0.3 is 10.5 Å². The van der Waals surface area contributed by atoms with Gasteiger partial charge in [-0.3, -0.25) is 14.7 Å². The first kappa shape index (κ1) is 19.8. The van der Waals surface area contributed by atoms with Crippen molar-refractivity contribution >= 4 is 17.7 Å². The second kappa shape index (κ2) is 7.80. The fraction of sp³-hybridized carbons (Fsp3) is 0.611. The van der Waals surface area contributed by atoms with Gasteiger partial charge in [0, 0.05) is 18.5 Å². The number of nitrogens with one attached hydrogen (secondary N) is 1. The van der Waals surface area contributed by atoms with Crippen molar-refractivity contribution in [2.24, 2.45) is 0 Å². The first-order valence-corrected chi connectivity index (χ1v) is 8.66. The molecule has 1 amide bonds. The van der Waals surface area contributed by atoms with Crippen molar-refractivity contribution in [1.29, 1.82) is 0 Å². The zero-order valence-corrected chi connectivity index (χ0v) is 15.0. The predicted molar refractivity (Wildman–Crippen MR) is 102 cm³/mol. The normalized spacial score (nSPS) is 16.1. The van der Waals surface area contributed by atoms with E-state index >= 15 is 0 Å². The molecule has 4 rings (SSSR count). The molecule has 0 saturated heterocycles. The third-order valence-electron chi connectivity index (χ3n) is 3.71. The van der Waals surface area contributed by atoms with E-state index in [2.05, 4.69) is 15.5 Å². The quantitative estimate of drug-likeness (QED) is 0.859. The Morgan fingerprint density at radius 2 is 1.65 bits per heavy atom. The zero-order chi connectivity index (χ0) is 18.0. The predicted octanol–water partition coefficient (Wildman–Crippen LogP) is 4.00. The molecule has 2 aliphatic carbocycles. The highest BCUT2D eigenvalue weighted by Crippen LogP contribution is 2.34. The molecule has 0 radical (unpaired) electrons. The number of nitrogens with two attached hydrogens (primary N) is 1. The van der Waals surface area contributed by atoms with Crippen molar-refractivity contribution in [2.75, 3.05) is 11.1 Å². The van der Waals surface area contributed by atoms with E-state index in [1.807, 2.05) is 48.6 Å². The summed E-state index contributed by atoms with van der Waals surface area (Å²) in [5.74, 6) is 1.17. The molecular formula is C18H30N6O2. The minimum atomic E-state index is -0.483. The molecule has 0 spiro atoms.